The number of hydrogen-bond acceptors (Lipinski definition) is 2. The van der Waals surface area contributed by atoms with Crippen LogP contribution in [0, 0.1) is 6.92 Å². The molecule has 2 rings (SSSR count). The lowest BCUT2D eigenvalue weighted by molar-refractivity contribution is 0.0697. The molecule has 0 heterocycles. The molecule has 2 aromatic rings. The van der Waals surface area contributed by atoms with Crippen molar-refractivity contribution in [3.05, 3.63) is 57.6 Å². The van der Waals surface area contributed by atoms with Crippen LogP contribution in [-0.4, -0.2) is 11.1 Å². The van der Waals surface area contributed by atoms with Crippen molar-refractivity contribution in [2.24, 2.45) is 0 Å². The van der Waals surface area contributed by atoms with E-state index in [1.807, 2.05) is 13.0 Å². The van der Waals surface area contributed by atoms with Crippen LogP contribution in [0.5, 0.6) is 11.5 Å². The number of aryl methyl sites for hydroxylation is 1. The van der Waals surface area contributed by atoms with E-state index >= 15 is 0 Å². The number of benzene rings is 2. The summed E-state index contributed by atoms with van der Waals surface area (Å²) in [4.78, 5) is 10.8. The summed E-state index contributed by atoms with van der Waals surface area (Å²) in [6, 6.07) is 9.78. The molecule has 0 atom stereocenters. The third-order valence-electron chi connectivity index (χ3n) is 2.49. The fourth-order valence-corrected chi connectivity index (χ4v) is 1.96. The summed E-state index contributed by atoms with van der Waals surface area (Å²) in [6.45, 7) is 1.92. The minimum Gasteiger partial charge on any atom is -0.478 e. The van der Waals surface area contributed by atoms with Crippen molar-refractivity contribution in [3.8, 4) is 11.5 Å². The van der Waals surface area contributed by atoms with Crippen molar-refractivity contribution in [2.45, 2.75) is 6.92 Å². The molecular weight excluding hydrogens is 287 g/mol. The monoisotopic (exact) mass is 296 g/mol. The van der Waals surface area contributed by atoms with Gasteiger partial charge < -0.3 is 9.84 Å². The van der Waals surface area contributed by atoms with Gasteiger partial charge in [-0.2, -0.15) is 0 Å². The lowest BCUT2D eigenvalue weighted by atomic mass is 10.2. The van der Waals surface area contributed by atoms with Crippen molar-refractivity contribution in [3.63, 3.8) is 0 Å². The van der Waals surface area contributed by atoms with Crippen LogP contribution in [0.15, 0.2) is 36.4 Å². The first-order valence-electron chi connectivity index (χ1n) is 5.44. The maximum absolute atomic E-state index is 10.8. The number of ether oxygens (including phenoxy) is 1. The Morgan fingerprint density at radius 3 is 2.47 bits per heavy atom. The van der Waals surface area contributed by atoms with Crippen LogP contribution in [0.4, 0.5) is 0 Å². The van der Waals surface area contributed by atoms with E-state index in [0.717, 1.165) is 5.56 Å². The van der Waals surface area contributed by atoms with Crippen molar-refractivity contribution < 1.29 is 14.6 Å². The van der Waals surface area contributed by atoms with Gasteiger partial charge in [-0.05, 0) is 36.8 Å². The smallest absolute Gasteiger partial charge is 0.337 e. The second-order valence-corrected chi connectivity index (χ2v) is 4.80. The molecular formula is C14H10Cl2O3. The lowest BCUT2D eigenvalue weighted by Gasteiger charge is -2.09. The molecule has 0 aliphatic rings. The Bertz CT molecular complexity index is 639. The van der Waals surface area contributed by atoms with Gasteiger partial charge in [-0.1, -0.05) is 29.3 Å². The molecule has 0 bridgehead atoms. The molecule has 0 aromatic heterocycles. The molecule has 0 saturated heterocycles. The topological polar surface area (TPSA) is 46.5 Å². The van der Waals surface area contributed by atoms with Crippen LogP contribution >= 0.6 is 23.2 Å². The third-order valence-corrected chi connectivity index (χ3v) is 3.11. The Morgan fingerprint density at radius 2 is 1.84 bits per heavy atom. The molecule has 1 N–H and O–H groups in total. The molecule has 0 spiro atoms. The van der Waals surface area contributed by atoms with Gasteiger partial charge in [-0.15, -0.1) is 0 Å². The van der Waals surface area contributed by atoms with Gasteiger partial charge in [-0.3, -0.25) is 0 Å². The molecule has 19 heavy (non-hydrogen) atoms. The van der Waals surface area contributed by atoms with Crippen LogP contribution in [-0.2, 0) is 0 Å². The van der Waals surface area contributed by atoms with E-state index in [2.05, 4.69) is 0 Å². The van der Waals surface area contributed by atoms with Gasteiger partial charge in [0, 0.05) is 6.07 Å². The SMILES string of the molecule is Cc1ccc(Cl)c(Oc2ccc(C(=O)O)c(Cl)c2)c1. The number of rotatable bonds is 3. The maximum Gasteiger partial charge on any atom is 0.337 e. The zero-order chi connectivity index (χ0) is 14.0. The second-order valence-electron chi connectivity index (χ2n) is 3.98. The van der Waals surface area contributed by atoms with Crippen molar-refractivity contribution in [1.82, 2.24) is 0 Å². The molecule has 0 aliphatic carbocycles. The number of carboxylic acids is 1. The summed E-state index contributed by atoms with van der Waals surface area (Å²) in [5, 5.41) is 9.48. The quantitative estimate of drug-likeness (QED) is 0.885. The average molecular weight is 297 g/mol. The summed E-state index contributed by atoms with van der Waals surface area (Å²) in [5.74, 6) is -0.145. The van der Waals surface area contributed by atoms with Crippen molar-refractivity contribution in [2.75, 3.05) is 0 Å². The number of carboxylic acid groups (broad SMARTS) is 1. The molecule has 0 unspecified atom stereocenters. The molecule has 0 aliphatic heterocycles. The van der Waals surface area contributed by atoms with E-state index < -0.39 is 5.97 Å². The first kappa shape index (κ1) is 13.7. The lowest BCUT2D eigenvalue weighted by Crippen LogP contribution is -1.97. The Kier molecular flexibility index (Phi) is 3.98. The van der Waals surface area contributed by atoms with Crippen LogP contribution < -0.4 is 4.74 Å². The Hall–Kier alpha value is -1.71. The van der Waals surface area contributed by atoms with Crippen LogP contribution in [0.1, 0.15) is 15.9 Å². The first-order valence-corrected chi connectivity index (χ1v) is 6.20. The zero-order valence-electron chi connectivity index (χ0n) is 9.98. The molecule has 2 aromatic carbocycles. The van der Waals surface area contributed by atoms with Gasteiger partial charge in [0.05, 0.1) is 15.6 Å². The van der Waals surface area contributed by atoms with Crippen molar-refractivity contribution >= 4 is 29.2 Å². The van der Waals surface area contributed by atoms with Gasteiger partial charge in [-0.25, -0.2) is 4.79 Å². The second kappa shape index (κ2) is 5.51. The maximum atomic E-state index is 10.8. The predicted octanol–water partition coefficient (Wildman–Crippen LogP) is 4.79. The fraction of sp³-hybridized carbons (Fsp3) is 0.0714. The van der Waals surface area contributed by atoms with Gasteiger partial charge >= 0.3 is 5.97 Å². The minimum atomic E-state index is -1.08. The van der Waals surface area contributed by atoms with E-state index in [1.54, 1.807) is 12.1 Å². The zero-order valence-corrected chi connectivity index (χ0v) is 11.5. The molecule has 3 nitrogen and oxygen atoms in total. The highest BCUT2D eigenvalue weighted by Crippen LogP contribution is 2.32. The summed E-state index contributed by atoms with van der Waals surface area (Å²) in [5.41, 5.74) is 1.04. The summed E-state index contributed by atoms with van der Waals surface area (Å²) >= 11 is 11.9. The highest BCUT2D eigenvalue weighted by molar-refractivity contribution is 6.33. The van der Waals surface area contributed by atoms with E-state index in [9.17, 15) is 4.79 Å². The third kappa shape index (κ3) is 3.19. The minimum absolute atomic E-state index is 0.0318. The van der Waals surface area contributed by atoms with Crippen LogP contribution in [0.2, 0.25) is 10.0 Å². The van der Waals surface area contributed by atoms with Crippen LogP contribution in [0.3, 0.4) is 0 Å². The Morgan fingerprint density at radius 1 is 1.11 bits per heavy atom. The number of hydrogen-bond donors (Lipinski definition) is 1. The summed E-state index contributed by atoms with van der Waals surface area (Å²) in [6.07, 6.45) is 0. The van der Waals surface area contributed by atoms with E-state index in [-0.39, 0.29) is 10.6 Å². The largest absolute Gasteiger partial charge is 0.478 e. The molecule has 0 fully saturated rings. The predicted molar refractivity (Wildman–Crippen MR) is 74.7 cm³/mol. The molecule has 0 amide bonds. The number of aromatic carboxylic acids is 1. The Labute approximate surface area is 120 Å². The average Bonchev–Trinajstić information content (AvgIpc) is 2.33. The van der Waals surface area contributed by atoms with E-state index in [4.69, 9.17) is 33.0 Å². The van der Waals surface area contributed by atoms with Crippen LogP contribution in [0.25, 0.3) is 0 Å². The van der Waals surface area contributed by atoms with E-state index in [0.29, 0.717) is 16.5 Å². The summed E-state index contributed by atoms with van der Waals surface area (Å²) < 4.78 is 5.60. The summed E-state index contributed by atoms with van der Waals surface area (Å²) in [7, 11) is 0. The van der Waals surface area contributed by atoms with Gasteiger partial charge in [0.2, 0.25) is 0 Å². The molecule has 98 valence electrons. The van der Waals surface area contributed by atoms with Crippen molar-refractivity contribution in [1.29, 1.82) is 0 Å². The highest BCUT2D eigenvalue weighted by atomic mass is 35.5. The van der Waals surface area contributed by atoms with Gasteiger partial charge in [0.15, 0.2) is 0 Å². The normalized spacial score (nSPS) is 10.3. The fourth-order valence-electron chi connectivity index (χ4n) is 1.55. The number of carbonyl (C=O) groups is 1. The number of halogens is 2. The standard InChI is InChI=1S/C14H10Cl2O3/c1-8-2-5-11(15)13(6-8)19-9-3-4-10(14(17)18)12(16)7-9/h2-7H,1H3,(H,17,18). The first-order chi connectivity index (χ1) is 8.97. The molecule has 0 saturated carbocycles. The molecule has 5 heteroatoms. The highest BCUT2D eigenvalue weighted by Gasteiger charge is 2.10. The van der Waals surface area contributed by atoms with Gasteiger partial charge in [0.1, 0.15) is 11.5 Å². The molecule has 0 radical (unpaired) electrons. The van der Waals surface area contributed by atoms with Gasteiger partial charge in [0.25, 0.3) is 0 Å². The Balaban J connectivity index is 2.31. The van der Waals surface area contributed by atoms with E-state index in [1.165, 1.54) is 18.2 Å².